The van der Waals surface area contributed by atoms with Gasteiger partial charge in [0, 0.05) is 42.9 Å². The van der Waals surface area contributed by atoms with E-state index < -0.39 is 0 Å². The van der Waals surface area contributed by atoms with Gasteiger partial charge in [-0.15, -0.1) is 11.3 Å². The number of likely N-dealkylation sites (tertiary alicyclic amines) is 1. The van der Waals surface area contributed by atoms with E-state index in [4.69, 9.17) is 4.98 Å². The minimum absolute atomic E-state index is 0.0499. The van der Waals surface area contributed by atoms with Crippen LogP contribution in [0, 0.1) is 13.8 Å². The number of aromatic nitrogens is 3. The number of rotatable bonds is 5. The van der Waals surface area contributed by atoms with Gasteiger partial charge in [0.15, 0.2) is 0 Å². The fraction of sp³-hybridized carbons (Fsp3) is 0.542. The van der Waals surface area contributed by atoms with Gasteiger partial charge in [-0.1, -0.05) is 13.8 Å². The third kappa shape index (κ3) is 4.01. The number of likely N-dealkylation sites (N-methyl/N-ethyl adjacent to an activating group) is 1. The highest BCUT2D eigenvalue weighted by molar-refractivity contribution is 7.18. The second-order valence-corrected chi connectivity index (χ2v) is 10.3. The smallest absolute Gasteiger partial charge is 0.253 e. The SMILES string of the molecule is CNC(=O)CN1CCC(c2nc3c(C(C)C)c(-c4cn(C)c(=O)c(C)c4C)[nH]c3s2)CC1. The Labute approximate surface area is 192 Å². The quantitative estimate of drug-likeness (QED) is 0.615. The minimum atomic E-state index is 0.0499. The summed E-state index contributed by atoms with van der Waals surface area (Å²) in [5.41, 5.74) is 6.30. The molecule has 0 aliphatic carbocycles. The van der Waals surface area contributed by atoms with Crippen molar-refractivity contribution in [1.29, 1.82) is 0 Å². The van der Waals surface area contributed by atoms with Crippen LogP contribution in [0.4, 0.5) is 0 Å². The third-order valence-corrected chi connectivity index (χ3v) is 7.90. The molecule has 4 heterocycles. The Kier molecular flexibility index (Phi) is 6.27. The van der Waals surface area contributed by atoms with E-state index >= 15 is 0 Å². The molecule has 1 saturated heterocycles. The molecule has 1 aliphatic heterocycles. The summed E-state index contributed by atoms with van der Waals surface area (Å²) in [7, 11) is 3.50. The van der Waals surface area contributed by atoms with Crippen LogP contribution < -0.4 is 10.9 Å². The Morgan fingerprint density at radius 2 is 1.97 bits per heavy atom. The fourth-order valence-electron chi connectivity index (χ4n) is 4.70. The predicted octanol–water partition coefficient (Wildman–Crippen LogP) is 3.66. The monoisotopic (exact) mass is 455 g/mol. The van der Waals surface area contributed by atoms with Crippen LogP contribution in [0.25, 0.3) is 21.6 Å². The van der Waals surface area contributed by atoms with Crippen LogP contribution >= 0.6 is 11.3 Å². The number of aromatic amines is 1. The van der Waals surface area contributed by atoms with Crippen molar-refractivity contribution in [3.8, 4) is 11.3 Å². The lowest BCUT2D eigenvalue weighted by atomic mass is 9.95. The average molecular weight is 456 g/mol. The number of nitrogens with zero attached hydrogens (tertiary/aromatic N) is 3. The Hall–Kier alpha value is -2.45. The summed E-state index contributed by atoms with van der Waals surface area (Å²) in [6.07, 6.45) is 3.99. The number of carbonyl (C=O) groups is 1. The molecule has 32 heavy (non-hydrogen) atoms. The van der Waals surface area contributed by atoms with Gasteiger partial charge in [-0.25, -0.2) is 4.98 Å². The van der Waals surface area contributed by atoms with E-state index in [1.807, 2.05) is 27.1 Å². The molecule has 0 spiro atoms. The topological polar surface area (TPSA) is 83.0 Å². The van der Waals surface area contributed by atoms with Crippen molar-refractivity contribution in [2.45, 2.75) is 52.4 Å². The Balaban J connectivity index is 1.66. The Bertz CT molecular complexity index is 1210. The van der Waals surface area contributed by atoms with Crippen LogP contribution in [0.5, 0.6) is 0 Å². The number of amides is 1. The van der Waals surface area contributed by atoms with Gasteiger partial charge in [-0.05, 0) is 51.3 Å². The van der Waals surface area contributed by atoms with E-state index in [2.05, 4.69) is 29.0 Å². The van der Waals surface area contributed by atoms with E-state index in [0.29, 0.717) is 18.4 Å². The van der Waals surface area contributed by atoms with E-state index in [1.165, 1.54) is 10.6 Å². The molecule has 3 aromatic rings. The van der Waals surface area contributed by atoms with Gasteiger partial charge in [-0.2, -0.15) is 0 Å². The third-order valence-electron chi connectivity index (χ3n) is 6.77. The highest BCUT2D eigenvalue weighted by atomic mass is 32.1. The molecule has 0 unspecified atom stereocenters. The number of hydrogen-bond donors (Lipinski definition) is 2. The second-order valence-electron chi connectivity index (χ2n) is 9.23. The lowest BCUT2D eigenvalue weighted by Gasteiger charge is -2.30. The minimum Gasteiger partial charge on any atom is -0.358 e. The molecule has 4 rings (SSSR count). The number of hydrogen-bond acceptors (Lipinski definition) is 5. The van der Waals surface area contributed by atoms with Gasteiger partial charge in [0.05, 0.1) is 17.2 Å². The van der Waals surface area contributed by atoms with Crippen LogP contribution in [-0.4, -0.2) is 52.0 Å². The van der Waals surface area contributed by atoms with E-state index in [-0.39, 0.29) is 11.5 Å². The second kappa shape index (κ2) is 8.83. The van der Waals surface area contributed by atoms with Crippen molar-refractivity contribution in [1.82, 2.24) is 24.8 Å². The summed E-state index contributed by atoms with van der Waals surface area (Å²) in [6, 6.07) is 0. The number of pyridine rings is 1. The standard InChI is InChI=1S/C24H33N5O2S/c1-13(2)19-20(17-11-28(6)24(31)15(4)14(17)3)26-23-21(19)27-22(32-23)16-7-9-29(10-8-16)12-18(30)25-5/h11,13,16,26H,7-10,12H2,1-6H3,(H,25,30). The lowest BCUT2D eigenvalue weighted by molar-refractivity contribution is -0.122. The van der Waals surface area contributed by atoms with Crippen molar-refractivity contribution in [3.05, 3.63) is 38.2 Å². The maximum absolute atomic E-state index is 12.3. The highest BCUT2D eigenvalue weighted by Gasteiger charge is 2.27. The molecule has 1 amide bonds. The summed E-state index contributed by atoms with van der Waals surface area (Å²) >= 11 is 1.75. The van der Waals surface area contributed by atoms with E-state index in [9.17, 15) is 9.59 Å². The molecule has 0 bridgehead atoms. The van der Waals surface area contributed by atoms with Gasteiger partial charge in [0.2, 0.25) is 5.91 Å². The van der Waals surface area contributed by atoms with Gasteiger partial charge in [-0.3, -0.25) is 14.5 Å². The van der Waals surface area contributed by atoms with Crippen molar-refractivity contribution in [3.63, 3.8) is 0 Å². The lowest BCUT2D eigenvalue weighted by Crippen LogP contribution is -2.40. The zero-order valence-corrected chi connectivity index (χ0v) is 20.7. The molecule has 0 atom stereocenters. The average Bonchev–Trinajstić information content (AvgIpc) is 3.33. The van der Waals surface area contributed by atoms with Crippen LogP contribution in [-0.2, 0) is 11.8 Å². The molecule has 7 nitrogen and oxygen atoms in total. The van der Waals surface area contributed by atoms with Crippen molar-refractivity contribution < 1.29 is 4.79 Å². The maximum Gasteiger partial charge on any atom is 0.253 e. The van der Waals surface area contributed by atoms with Gasteiger partial charge in [0.25, 0.3) is 5.56 Å². The van der Waals surface area contributed by atoms with Gasteiger partial charge < -0.3 is 14.9 Å². The number of H-pyrrole nitrogens is 1. The normalized spacial score (nSPS) is 15.7. The van der Waals surface area contributed by atoms with Crippen LogP contribution in [0.1, 0.15) is 60.2 Å². The van der Waals surface area contributed by atoms with E-state index in [0.717, 1.165) is 58.7 Å². The summed E-state index contributed by atoms with van der Waals surface area (Å²) < 4.78 is 1.67. The number of aryl methyl sites for hydroxylation is 1. The Morgan fingerprint density at radius 3 is 2.59 bits per heavy atom. The molecule has 1 aliphatic rings. The molecule has 0 aromatic carbocycles. The summed E-state index contributed by atoms with van der Waals surface area (Å²) in [5.74, 6) is 0.816. The first-order valence-electron chi connectivity index (χ1n) is 11.3. The van der Waals surface area contributed by atoms with Gasteiger partial charge >= 0.3 is 0 Å². The largest absolute Gasteiger partial charge is 0.358 e. The first kappa shape index (κ1) is 22.7. The first-order valence-corrected chi connectivity index (χ1v) is 12.1. The number of thiazole rings is 1. The Morgan fingerprint density at radius 1 is 1.28 bits per heavy atom. The number of nitrogens with one attached hydrogen (secondary N) is 2. The highest BCUT2D eigenvalue weighted by Crippen LogP contribution is 2.41. The van der Waals surface area contributed by atoms with E-state index in [1.54, 1.807) is 23.0 Å². The predicted molar refractivity (Wildman–Crippen MR) is 131 cm³/mol. The van der Waals surface area contributed by atoms with Gasteiger partial charge in [0.1, 0.15) is 10.3 Å². The molecule has 0 radical (unpaired) electrons. The first-order chi connectivity index (χ1) is 15.2. The molecular formula is C24H33N5O2S. The molecule has 8 heteroatoms. The van der Waals surface area contributed by atoms with Crippen molar-refractivity contribution in [2.75, 3.05) is 26.7 Å². The summed E-state index contributed by atoms with van der Waals surface area (Å²) in [5, 5.41) is 3.89. The van der Waals surface area contributed by atoms with Crippen LogP contribution in [0.2, 0.25) is 0 Å². The molecule has 172 valence electrons. The molecule has 2 N–H and O–H groups in total. The van der Waals surface area contributed by atoms with Crippen molar-refractivity contribution >= 4 is 27.6 Å². The molecule has 1 fully saturated rings. The number of fused-ring (bicyclic) bond motifs is 1. The van der Waals surface area contributed by atoms with Crippen LogP contribution in [0.3, 0.4) is 0 Å². The number of piperidine rings is 1. The summed E-state index contributed by atoms with van der Waals surface area (Å²) in [6.45, 7) is 10.6. The summed E-state index contributed by atoms with van der Waals surface area (Å²) in [4.78, 5) is 36.1. The number of carbonyl (C=O) groups excluding carboxylic acids is 1. The molecular weight excluding hydrogens is 422 g/mol. The fourth-order valence-corrected chi connectivity index (χ4v) is 5.85. The zero-order chi connectivity index (χ0) is 23.2. The zero-order valence-electron chi connectivity index (χ0n) is 19.8. The van der Waals surface area contributed by atoms with Crippen LogP contribution in [0.15, 0.2) is 11.0 Å². The van der Waals surface area contributed by atoms with Crippen molar-refractivity contribution in [2.24, 2.45) is 7.05 Å². The molecule has 0 saturated carbocycles. The molecule has 3 aromatic heterocycles. The maximum atomic E-state index is 12.3.